The number of hydrogen-bond acceptors (Lipinski definition) is 3. The van der Waals surface area contributed by atoms with Crippen molar-refractivity contribution in [1.82, 2.24) is 4.90 Å². The second-order valence-electron chi connectivity index (χ2n) is 6.82. The lowest BCUT2D eigenvalue weighted by Gasteiger charge is -2.29. The Hall–Kier alpha value is -2.88. The van der Waals surface area contributed by atoms with E-state index in [-0.39, 0.29) is 5.91 Å². The second-order valence-corrected chi connectivity index (χ2v) is 6.82. The fourth-order valence-electron chi connectivity index (χ4n) is 3.20. The first-order valence-electron chi connectivity index (χ1n) is 9.65. The van der Waals surface area contributed by atoms with E-state index in [9.17, 15) is 4.79 Å². The Bertz CT molecular complexity index is 832. The quantitative estimate of drug-likeness (QED) is 0.689. The van der Waals surface area contributed by atoms with Crippen LogP contribution in [0, 0.1) is 6.92 Å². The van der Waals surface area contributed by atoms with Gasteiger partial charge in [0.25, 0.3) is 5.91 Å². The summed E-state index contributed by atoms with van der Waals surface area (Å²) in [7, 11) is 0. The van der Waals surface area contributed by atoms with Crippen LogP contribution in [0.1, 0.15) is 37.8 Å². The van der Waals surface area contributed by atoms with E-state index in [1.54, 1.807) is 4.90 Å². The zero-order valence-corrected chi connectivity index (χ0v) is 16.4. The summed E-state index contributed by atoms with van der Waals surface area (Å²) in [5.74, 6) is 0.657. The summed E-state index contributed by atoms with van der Waals surface area (Å²) >= 11 is 0. The van der Waals surface area contributed by atoms with Gasteiger partial charge in [-0.05, 0) is 43.5 Å². The summed E-state index contributed by atoms with van der Waals surface area (Å²) in [6.07, 6.45) is 3.88. The van der Waals surface area contributed by atoms with Gasteiger partial charge in [0.2, 0.25) is 5.96 Å². The van der Waals surface area contributed by atoms with E-state index in [0.29, 0.717) is 5.70 Å². The van der Waals surface area contributed by atoms with Crippen molar-refractivity contribution in [3.8, 4) is 0 Å². The first kappa shape index (κ1) is 18.9. The second kappa shape index (κ2) is 8.67. The Balaban J connectivity index is 2.04. The van der Waals surface area contributed by atoms with Gasteiger partial charge in [-0.15, -0.1) is 0 Å². The van der Waals surface area contributed by atoms with Crippen LogP contribution in [0.25, 0.3) is 6.08 Å². The van der Waals surface area contributed by atoms with Crippen LogP contribution in [-0.2, 0) is 4.79 Å². The average molecular weight is 361 g/mol. The number of nitrogens with zero attached hydrogens (tertiary/aromatic N) is 3. The minimum absolute atomic E-state index is 0.0742. The van der Waals surface area contributed by atoms with Gasteiger partial charge in [0, 0.05) is 13.1 Å². The SMILES string of the molecule is CCCN(CCC)C1=N/C(=C/c2ccccc2)C(=O)N1c1ccc(C)cc1. The van der Waals surface area contributed by atoms with Gasteiger partial charge in [-0.2, -0.15) is 0 Å². The van der Waals surface area contributed by atoms with Crippen molar-refractivity contribution in [2.45, 2.75) is 33.6 Å². The van der Waals surface area contributed by atoms with Crippen molar-refractivity contribution < 1.29 is 4.79 Å². The van der Waals surface area contributed by atoms with Gasteiger partial charge < -0.3 is 4.90 Å². The number of aryl methyl sites for hydroxylation is 1. The van der Waals surface area contributed by atoms with Crippen LogP contribution in [0.2, 0.25) is 0 Å². The molecule has 1 amide bonds. The number of amides is 1. The number of hydrogen-bond donors (Lipinski definition) is 0. The van der Waals surface area contributed by atoms with Crippen LogP contribution < -0.4 is 4.90 Å². The highest BCUT2D eigenvalue weighted by Gasteiger charge is 2.34. The molecule has 0 radical (unpaired) electrons. The molecule has 1 aliphatic heterocycles. The number of aliphatic imine (C=N–C) groups is 1. The van der Waals surface area contributed by atoms with Crippen LogP contribution >= 0.6 is 0 Å². The molecule has 0 saturated carbocycles. The third-order valence-corrected chi connectivity index (χ3v) is 4.51. The molecule has 27 heavy (non-hydrogen) atoms. The molecular formula is C23H27N3O. The topological polar surface area (TPSA) is 35.9 Å². The molecule has 0 aromatic heterocycles. The lowest BCUT2D eigenvalue weighted by Crippen LogP contribution is -2.44. The van der Waals surface area contributed by atoms with Crippen LogP contribution in [0.15, 0.2) is 65.3 Å². The average Bonchev–Trinajstić information content (AvgIpc) is 2.99. The summed E-state index contributed by atoms with van der Waals surface area (Å²) < 4.78 is 0. The molecule has 0 bridgehead atoms. The van der Waals surface area contributed by atoms with E-state index in [4.69, 9.17) is 4.99 Å². The molecule has 2 aromatic rings. The molecule has 4 nitrogen and oxygen atoms in total. The first-order chi connectivity index (χ1) is 13.1. The van der Waals surface area contributed by atoms with Crippen LogP contribution in [0.3, 0.4) is 0 Å². The molecular weight excluding hydrogens is 334 g/mol. The zero-order chi connectivity index (χ0) is 19.2. The monoisotopic (exact) mass is 361 g/mol. The Labute approximate surface area is 161 Å². The van der Waals surface area contributed by atoms with E-state index < -0.39 is 0 Å². The third kappa shape index (κ3) is 4.27. The van der Waals surface area contributed by atoms with E-state index in [1.807, 2.05) is 67.6 Å². The molecule has 1 aliphatic rings. The molecule has 1 heterocycles. The summed E-state index contributed by atoms with van der Waals surface area (Å²) in [4.78, 5) is 22.0. The standard InChI is InChI=1S/C23H27N3O/c1-4-15-25(16-5-2)23-24-21(17-19-9-7-6-8-10-19)22(27)26(23)20-13-11-18(3)12-14-20/h6-14,17H,4-5,15-16H2,1-3H3/b21-17+. The summed E-state index contributed by atoms with van der Waals surface area (Å²) in [6.45, 7) is 8.10. The fraction of sp³-hybridized carbons (Fsp3) is 0.304. The van der Waals surface area contributed by atoms with Crippen molar-refractivity contribution in [2.75, 3.05) is 18.0 Å². The van der Waals surface area contributed by atoms with E-state index in [1.165, 1.54) is 5.56 Å². The lowest BCUT2D eigenvalue weighted by atomic mass is 10.2. The molecule has 4 heteroatoms. The van der Waals surface area contributed by atoms with E-state index in [0.717, 1.165) is 43.1 Å². The Morgan fingerprint density at radius 2 is 1.59 bits per heavy atom. The molecule has 0 unspecified atom stereocenters. The van der Waals surface area contributed by atoms with Gasteiger partial charge in [-0.3, -0.25) is 4.79 Å². The molecule has 3 rings (SSSR count). The number of carbonyl (C=O) groups excluding carboxylic acids is 1. The number of benzene rings is 2. The summed E-state index contributed by atoms with van der Waals surface area (Å²) in [5.41, 5.74) is 3.49. The predicted octanol–water partition coefficient (Wildman–Crippen LogP) is 4.86. The molecule has 0 aliphatic carbocycles. The van der Waals surface area contributed by atoms with Crippen molar-refractivity contribution in [3.63, 3.8) is 0 Å². The van der Waals surface area contributed by atoms with Gasteiger partial charge in [0.1, 0.15) is 5.70 Å². The maximum atomic E-state index is 13.2. The van der Waals surface area contributed by atoms with Crippen LogP contribution in [0.5, 0.6) is 0 Å². The maximum absolute atomic E-state index is 13.2. The van der Waals surface area contributed by atoms with Gasteiger partial charge in [-0.25, -0.2) is 9.89 Å². The predicted molar refractivity (Wildman–Crippen MR) is 113 cm³/mol. The van der Waals surface area contributed by atoms with Gasteiger partial charge in [0.05, 0.1) is 5.69 Å². The smallest absolute Gasteiger partial charge is 0.283 e. The Kier molecular flexibility index (Phi) is 6.07. The molecule has 0 N–H and O–H groups in total. The van der Waals surface area contributed by atoms with Gasteiger partial charge >= 0.3 is 0 Å². The minimum atomic E-state index is -0.0742. The minimum Gasteiger partial charge on any atom is -0.342 e. The van der Waals surface area contributed by atoms with Crippen LogP contribution in [0.4, 0.5) is 5.69 Å². The largest absolute Gasteiger partial charge is 0.342 e. The van der Waals surface area contributed by atoms with E-state index >= 15 is 0 Å². The van der Waals surface area contributed by atoms with Crippen molar-refractivity contribution in [3.05, 3.63) is 71.4 Å². The number of rotatable bonds is 6. The van der Waals surface area contributed by atoms with Crippen molar-refractivity contribution in [1.29, 1.82) is 0 Å². The molecule has 0 fully saturated rings. The molecule has 0 spiro atoms. The maximum Gasteiger partial charge on any atom is 0.283 e. The Morgan fingerprint density at radius 3 is 2.19 bits per heavy atom. The Morgan fingerprint density at radius 1 is 0.963 bits per heavy atom. The normalized spacial score (nSPS) is 15.4. The van der Waals surface area contributed by atoms with Gasteiger partial charge in [0.15, 0.2) is 0 Å². The third-order valence-electron chi connectivity index (χ3n) is 4.51. The molecule has 0 atom stereocenters. The lowest BCUT2D eigenvalue weighted by molar-refractivity contribution is -0.113. The molecule has 2 aromatic carbocycles. The van der Waals surface area contributed by atoms with Gasteiger partial charge in [-0.1, -0.05) is 61.9 Å². The van der Waals surface area contributed by atoms with Crippen molar-refractivity contribution in [2.24, 2.45) is 4.99 Å². The van der Waals surface area contributed by atoms with Crippen molar-refractivity contribution >= 4 is 23.6 Å². The number of anilines is 1. The molecule has 0 saturated heterocycles. The summed E-state index contributed by atoms with van der Waals surface area (Å²) in [5, 5.41) is 0. The summed E-state index contributed by atoms with van der Waals surface area (Å²) in [6, 6.07) is 17.9. The number of carbonyl (C=O) groups is 1. The highest BCUT2D eigenvalue weighted by atomic mass is 16.2. The number of guanidine groups is 1. The van der Waals surface area contributed by atoms with Crippen LogP contribution in [-0.4, -0.2) is 29.9 Å². The fourth-order valence-corrected chi connectivity index (χ4v) is 3.20. The zero-order valence-electron chi connectivity index (χ0n) is 16.4. The van der Waals surface area contributed by atoms with E-state index in [2.05, 4.69) is 18.7 Å². The first-order valence-corrected chi connectivity index (χ1v) is 9.65. The molecule has 140 valence electrons. The highest BCUT2D eigenvalue weighted by molar-refractivity contribution is 6.28. The highest BCUT2D eigenvalue weighted by Crippen LogP contribution is 2.27.